The summed E-state index contributed by atoms with van der Waals surface area (Å²) >= 11 is 0. The molecule has 0 N–H and O–H groups in total. The van der Waals surface area contributed by atoms with Crippen LogP contribution in [0.3, 0.4) is 0 Å². The molecule has 0 amide bonds. The molecule has 1 aliphatic heterocycles. The Morgan fingerprint density at radius 2 is 1.83 bits per heavy atom. The van der Waals surface area contributed by atoms with Gasteiger partial charge >= 0.3 is 0 Å². The Kier molecular flexibility index (Phi) is 5.03. The molecule has 5 nitrogen and oxygen atoms in total. The Balaban J connectivity index is 1.35. The van der Waals surface area contributed by atoms with Gasteiger partial charge < -0.3 is 9.64 Å². The van der Waals surface area contributed by atoms with Gasteiger partial charge in [0.15, 0.2) is 0 Å². The van der Waals surface area contributed by atoms with E-state index < -0.39 is 5.82 Å². The quantitative estimate of drug-likeness (QED) is 0.652. The minimum atomic E-state index is -0.433. The molecule has 2 fully saturated rings. The van der Waals surface area contributed by atoms with E-state index in [0.717, 1.165) is 32.0 Å². The summed E-state index contributed by atoms with van der Waals surface area (Å²) in [6.45, 7) is 2.11. The second kappa shape index (κ2) is 7.84. The molecule has 1 saturated carbocycles. The maximum absolute atomic E-state index is 15.0. The number of fused-ring (bicyclic) bond motifs is 1. The molecule has 2 aromatic carbocycles. The summed E-state index contributed by atoms with van der Waals surface area (Å²) in [6.07, 6.45) is 6.06. The molecule has 156 valence electrons. The molecule has 0 bridgehead atoms. The summed E-state index contributed by atoms with van der Waals surface area (Å²) in [7, 11) is 1.62. The van der Waals surface area contributed by atoms with E-state index in [0.29, 0.717) is 28.0 Å². The summed E-state index contributed by atoms with van der Waals surface area (Å²) < 4.78 is 22.5. The minimum Gasteiger partial charge on any atom is -0.490 e. The molecule has 6 heteroatoms. The Labute approximate surface area is 175 Å². The van der Waals surface area contributed by atoms with E-state index in [-0.39, 0.29) is 11.7 Å². The average Bonchev–Trinajstić information content (AvgIpc) is 2.71. The van der Waals surface area contributed by atoms with Gasteiger partial charge in [0, 0.05) is 32.2 Å². The minimum absolute atomic E-state index is 0.120. The lowest BCUT2D eigenvalue weighted by Crippen LogP contribution is -2.46. The van der Waals surface area contributed by atoms with Gasteiger partial charge in [-0.15, -0.1) is 0 Å². The molecule has 5 rings (SSSR count). The van der Waals surface area contributed by atoms with Crippen molar-refractivity contribution in [2.45, 2.75) is 44.2 Å². The molecule has 2 aliphatic rings. The molecule has 30 heavy (non-hydrogen) atoms. The predicted octanol–water partition coefficient (Wildman–Crippen LogP) is 4.14. The van der Waals surface area contributed by atoms with Crippen LogP contribution >= 0.6 is 0 Å². The van der Waals surface area contributed by atoms with E-state index >= 15 is 0 Å². The first kappa shape index (κ1) is 19.2. The molecule has 0 spiro atoms. The van der Waals surface area contributed by atoms with Crippen molar-refractivity contribution in [1.29, 1.82) is 0 Å². The molecule has 1 aromatic heterocycles. The number of benzene rings is 2. The molecular weight excluding hydrogens is 381 g/mol. The predicted molar refractivity (Wildman–Crippen MR) is 115 cm³/mol. The smallest absolute Gasteiger partial charge is 0.261 e. The SMILES string of the molecule is Cn1c(-c2ccc(OC3CCN(C4CCC4)CC3)cc2F)nc2ccccc2c1=O. The van der Waals surface area contributed by atoms with Gasteiger partial charge in [0.25, 0.3) is 5.56 Å². The second-order valence-electron chi connectivity index (χ2n) is 8.40. The van der Waals surface area contributed by atoms with Gasteiger partial charge in [0.05, 0.1) is 16.5 Å². The van der Waals surface area contributed by atoms with Gasteiger partial charge in [-0.3, -0.25) is 9.36 Å². The first-order valence-corrected chi connectivity index (χ1v) is 10.8. The first-order valence-electron chi connectivity index (χ1n) is 10.8. The second-order valence-corrected chi connectivity index (χ2v) is 8.40. The van der Waals surface area contributed by atoms with Crippen molar-refractivity contribution in [3.63, 3.8) is 0 Å². The van der Waals surface area contributed by atoms with Gasteiger partial charge in [0.1, 0.15) is 23.5 Å². The van der Waals surface area contributed by atoms with Crippen LogP contribution in [0.1, 0.15) is 32.1 Å². The van der Waals surface area contributed by atoms with Crippen LogP contribution in [0, 0.1) is 5.82 Å². The van der Waals surface area contributed by atoms with E-state index in [1.807, 2.05) is 6.07 Å². The van der Waals surface area contributed by atoms with Gasteiger partial charge in [-0.05, 0) is 49.9 Å². The number of hydrogen-bond donors (Lipinski definition) is 0. The Bertz CT molecular complexity index is 1130. The number of ether oxygens (including phenoxy) is 1. The standard InChI is InChI=1S/C24H26FN3O2/c1-27-23(26-22-8-3-2-7-20(22)24(27)29)19-10-9-18(15-21(19)25)30-17-11-13-28(14-12-17)16-5-4-6-16/h2-3,7-10,15-17H,4-6,11-14H2,1H3. The third-order valence-electron chi connectivity index (χ3n) is 6.54. The zero-order valence-electron chi connectivity index (χ0n) is 17.2. The third kappa shape index (κ3) is 3.49. The molecule has 3 aromatic rings. The van der Waals surface area contributed by atoms with Gasteiger partial charge in [-0.1, -0.05) is 18.6 Å². The zero-order chi connectivity index (χ0) is 20.7. The monoisotopic (exact) mass is 407 g/mol. The summed E-state index contributed by atoms with van der Waals surface area (Å²) in [4.78, 5) is 19.7. The van der Waals surface area contributed by atoms with Gasteiger partial charge in [0.2, 0.25) is 0 Å². The van der Waals surface area contributed by atoms with Gasteiger partial charge in [-0.2, -0.15) is 0 Å². The number of halogens is 1. The summed E-state index contributed by atoms with van der Waals surface area (Å²) in [5.41, 5.74) is 0.676. The number of nitrogens with zero attached hydrogens (tertiary/aromatic N) is 3. The molecule has 2 heterocycles. The number of para-hydroxylation sites is 1. The zero-order valence-corrected chi connectivity index (χ0v) is 17.2. The maximum Gasteiger partial charge on any atom is 0.261 e. The highest BCUT2D eigenvalue weighted by molar-refractivity contribution is 5.79. The van der Waals surface area contributed by atoms with E-state index in [9.17, 15) is 9.18 Å². The van der Waals surface area contributed by atoms with E-state index in [1.54, 1.807) is 37.4 Å². The van der Waals surface area contributed by atoms with Crippen LogP contribution in [0.15, 0.2) is 47.3 Å². The molecule has 0 radical (unpaired) electrons. The Morgan fingerprint density at radius 1 is 1.07 bits per heavy atom. The fraction of sp³-hybridized carbons (Fsp3) is 0.417. The summed E-state index contributed by atoms with van der Waals surface area (Å²) in [5, 5.41) is 0.525. The van der Waals surface area contributed by atoms with Crippen molar-refractivity contribution in [3.05, 3.63) is 58.6 Å². The highest BCUT2D eigenvalue weighted by Crippen LogP contribution is 2.30. The molecule has 1 aliphatic carbocycles. The van der Waals surface area contributed by atoms with Crippen LogP contribution in [0.5, 0.6) is 5.75 Å². The van der Waals surface area contributed by atoms with Crippen LogP contribution < -0.4 is 10.3 Å². The van der Waals surface area contributed by atoms with E-state index in [4.69, 9.17) is 4.74 Å². The highest BCUT2D eigenvalue weighted by Gasteiger charge is 2.29. The third-order valence-corrected chi connectivity index (χ3v) is 6.54. The molecule has 1 saturated heterocycles. The lowest BCUT2D eigenvalue weighted by atomic mass is 9.90. The number of aromatic nitrogens is 2. The largest absolute Gasteiger partial charge is 0.490 e. The maximum atomic E-state index is 15.0. The summed E-state index contributed by atoms with van der Waals surface area (Å²) in [6, 6.07) is 12.7. The first-order chi connectivity index (χ1) is 14.6. The lowest BCUT2D eigenvalue weighted by molar-refractivity contribution is 0.0492. The molecule has 0 unspecified atom stereocenters. The van der Waals surface area contributed by atoms with Crippen LogP contribution in [0.25, 0.3) is 22.3 Å². The van der Waals surface area contributed by atoms with Crippen LogP contribution in [-0.4, -0.2) is 39.7 Å². The molecule has 0 atom stereocenters. The van der Waals surface area contributed by atoms with Crippen LogP contribution in [-0.2, 0) is 7.05 Å². The fourth-order valence-corrected chi connectivity index (χ4v) is 4.51. The van der Waals surface area contributed by atoms with Crippen LogP contribution in [0.2, 0.25) is 0 Å². The fourth-order valence-electron chi connectivity index (χ4n) is 4.51. The van der Waals surface area contributed by atoms with Crippen molar-refractivity contribution < 1.29 is 9.13 Å². The van der Waals surface area contributed by atoms with Crippen molar-refractivity contribution >= 4 is 10.9 Å². The highest BCUT2D eigenvalue weighted by atomic mass is 19.1. The van der Waals surface area contributed by atoms with Crippen LogP contribution in [0.4, 0.5) is 4.39 Å². The normalized spacial score (nSPS) is 18.5. The number of rotatable bonds is 4. The van der Waals surface area contributed by atoms with Gasteiger partial charge in [-0.25, -0.2) is 9.37 Å². The van der Waals surface area contributed by atoms with E-state index in [2.05, 4.69) is 9.88 Å². The average molecular weight is 407 g/mol. The van der Waals surface area contributed by atoms with Crippen molar-refractivity contribution in [2.24, 2.45) is 7.05 Å². The Morgan fingerprint density at radius 3 is 2.53 bits per heavy atom. The Hall–Kier alpha value is -2.73. The van der Waals surface area contributed by atoms with E-state index in [1.165, 1.54) is 29.9 Å². The van der Waals surface area contributed by atoms with Crippen molar-refractivity contribution in [2.75, 3.05) is 13.1 Å². The topological polar surface area (TPSA) is 47.4 Å². The number of hydrogen-bond acceptors (Lipinski definition) is 4. The van der Waals surface area contributed by atoms with Crippen molar-refractivity contribution in [3.8, 4) is 17.1 Å². The number of piperidine rings is 1. The molecular formula is C24H26FN3O2. The summed E-state index contributed by atoms with van der Waals surface area (Å²) in [5.74, 6) is 0.415. The lowest BCUT2D eigenvalue weighted by Gasteiger charge is -2.41. The van der Waals surface area contributed by atoms with Crippen molar-refractivity contribution in [1.82, 2.24) is 14.5 Å². The number of likely N-dealkylation sites (tertiary alicyclic amines) is 1.